The van der Waals surface area contributed by atoms with Crippen LogP contribution in [0.25, 0.3) is 0 Å². The molecule has 1 aromatic carbocycles. The number of likely N-dealkylation sites (N-methyl/N-ethyl adjacent to an activating group) is 1. The number of anilines is 1. The molecule has 1 aromatic rings. The first-order chi connectivity index (χ1) is 9.70. The molecule has 8 nitrogen and oxygen atoms in total. The van der Waals surface area contributed by atoms with Crippen LogP contribution >= 0.6 is 0 Å². The van der Waals surface area contributed by atoms with Gasteiger partial charge in [-0.05, 0) is 18.2 Å². The molecule has 0 spiro atoms. The lowest BCUT2D eigenvalue weighted by atomic mass is 10.2. The number of aliphatic hydroxyl groups is 1. The number of hydrogen-bond acceptors (Lipinski definition) is 6. The Morgan fingerprint density at radius 3 is 2.62 bits per heavy atom. The van der Waals surface area contributed by atoms with Crippen molar-refractivity contribution < 1.29 is 28.2 Å². The summed E-state index contributed by atoms with van der Waals surface area (Å²) in [5, 5.41) is 18.7. The van der Waals surface area contributed by atoms with Crippen molar-refractivity contribution in [3.63, 3.8) is 0 Å². The van der Waals surface area contributed by atoms with Crippen LogP contribution in [-0.2, 0) is 14.8 Å². The molecule has 1 atom stereocenters. The summed E-state index contributed by atoms with van der Waals surface area (Å²) in [4.78, 5) is 10.8. The topological polar surface area (TPSA) is 130 Å². The molecule has 1 unspecified atom stereocenters. The fourth-order valence-corrected chi connectivity index (χ4v) is 3.12. The lowest BCUT2D eigenvalue weighted by molar-refractivity contribution is 0.0554. The zero-order valence-electron chi connectivity index (χ0n) is 11.7. The minimum atomic E-state index is -4.06. The van der Waals surface area contributed by atoms with Gasteiger partial charge in [-0.15, -0.1) is 0 Å². The number of carboxylic acid groups (broad SMARTS) is 1. The number of nitrogens with two attached hydrogens (primary N) is 1. The van der Waals surface area contributed by atoms with Crippen LogP contribution in [0.5, 0.6) is 0 Å². The lowest BCUT2D eigenvalue weighted by Gasteiger charge is -2.21. The molecule has 0 bridgehead atoms. The molecule has 0 radical (unpaired) electrons. The van der Waals surface area contributed by atoms with Gasteiger partial charge in [0, 0.05) is 26.4 Å². The molecule has 0 aliphatic rings. The van der Waals surface area contributed by atoms with Crippen molar-refractivity contribution in [3.8, 4) is 0 Å². The van der Waals surface area contributed by atoms with Gasteiger partial charge in [0.25, 0.3) is 0 Å². The van der Waals surface area contributed by atoms with Gasteiger partial charge in [-0.2, -0.15) is 4.31 Å². The van der Waals surface area contributed by atoms with E-state index in [9.17, 15) is 18.3 Å². The van der Waals surface area contributed by atoms with Gasteiger partial charge in [0.2, 0.25) is 10.0 Å². The van der Waals surface area contributed by atoms with Crippen LogP contribution < -0.4 is 5.73 Å². The average Bonchev–Trinajstić information content (AvgIpc) is 2.38. The molecule has 0 amide bonds. The summed E-state index contributed by atoms with van der Waals surface area (Å²) in [6.45, 7) is -0.257. The van der Waals surface area contributed by atoms with E-state index in [0.717, 1.165) is 16.4 Å². The number of carboxylic acids is 1. The van der Waals surface area contributed by atoms with E-state index in [1.54, 1.807) is 0 Å². The molecule has 0 saturated heterocycles. The highest BCUT2D eigenvalue weighted by molar-refractivity contribution is 7.89. The van der Waals surface area contributed by atoms with E-state index >= 15 is 0 Å². The van der Waals surface area contributed by atoms with Crippen LogP contribution in [0.1, 0.15) is 10.4 Å². The predicted molar refractivity (Wildman–Crippen MR) is 75.5 cm³/mol. The minimum Gasteiger partial charge on any atom is -0.478 e. The standard InChI is InChI=1S/C12H18N2O6S/c1-14(6-9(15)7-20-2)21(18,19)11-4-3-8(13)5-10(11)12(16)17/h3-5,9,15H,6-7,13H2,1-2H3,(H,16,17). The number of hydrogen-bond donors (Lipinski definition) is 3. The number of sulfonamides is 1. The number of carbonyl (C=O) groups is 1. The molecular formula is C12H18N2O6S. The Bertz CT molecular complexity index is 616. The Hall–Kier alpha value is -1.68. The SMILES string of the molecule is COCC(O)CN(C)S(=O)(=O)c1ccc(N)cc1C(=O)O. The van der Waals surface area contributed by atoms with Gasteiger partial charge in [0.1, 0.15) is 0 Å². The molecule has 1 rings (SSSR count). The van der Waals surface area contributed by atoms with Crippen molar-refractivity contribution in [2.24, 2.45) is 0 Å². The first kappa shape index (κ1) is 17.4. The molecule has 118 valence electrons. The van der Waals surface area contributed by atoms with Crippen LogP contribution in [0.4, 0.5) is 5.69 Å². The fourth-order valence-electron chi connectivity index (χ4n) is 1.75. The van der Waals surface area contributed by atoms with Gasteiger partial charge in [0.15, 0.2) is 0 Å². The molecule has 9 heteroatoms. The van der Waals surface area contributed by atoms with E-state index in [1.807, 2.05) is 0 Å². The summed E-state index contributed by atoms with van der Waals surface area (Å²) in [5.41, 5.74) is 5.21. The number of rotatable bonds is 7. The van der Waals surface area contributed by atoms with Crippen LogP contribution in [0.15, 0.2) is 23.1 Å². The maximum atomic E-state index is 12.4. The highest BCUT2D eigenvalue weighted by Gasteiger charge is 2.28. The van der Waals surface area contributed by atoms with E-state index in [-0.39, 0.29) is 23.7 Å². The first-order valence-electron chi connectivity index (χ1n) is 5.96. The highest BCUT2D eigenvalue weighted by atomic mass is 32.2. The van der Waals surface area contributed by atoms with Crippen molar-refractivity contribution in [2.45, 2.75) is 11.0 Å². The van der Waals surface area contributed by atoms with Crippen molar-refractivity contribution in [1.82, 2.24) is 4.31 Å². The maximum Gasteiger partial charge on any atom is 0.337 e. The van der Waals surface area contributed by atoms with E-state index < -0.39 is 27.7 Å². The molecule has 0 saturated carbocycles. The van der Waals surface area contributed by atoms with Crippen molar-refractivity contribution in [3.05, 3.63) is 23.8 Å². The molecule has 0 fully saturated rings. The molecular weight excluding hydrogens is 300 g/mol. The Kier molecular flexibility index (Phi) is 5.67. The number of ether oxygens (including phenoxy) is 1. The average molecular weight is 318 g/mol. The third kappa shape index (κ3) is 4.14. The van der Waals surface area contributed by atoms with Crippen LogP contribution in [0.3, 0.4) is 0 Å². The number of aromatic carboxylic acids is 1. The summed E-state index contributed by atoms with van der Waals surface area (Å²) >= 11 is 0. The summed E-state index contributed by atoms with van der Waals surface area (Å²) in [6.07, 6.45) is -1.02. The van der Waals surface area contributed by atoms with Crippen LogP contribution in [-0.4, -0.2) is 62.3 Å². The molecule has 21 heavy (non-hydrogen) atoms. The monoisotopic (exact) mass is 318 g/mol. The van der Waals surface area contributed by atoms with E-state index in [1.165, 1.54) is 20.2 Å². The summed E-state index contributed by atoms with van der Waals surface area (Å²) in [7, 11) is -1.44. The third-order valence-corrected chi connectivity index (χ3v) is 4.63. The van der Waals surface area contributed by atoms with E-state index in [2.05, 4.69) is 0 Å². The molecule has 4 N–H and O–H groups in total. The number of nitrogen functional groups attached to an aromatic ring is 1. The zero-order chi connectivity index (χ0) is 16.2. The Morgan fingerprint density at radius 2 is 2.10 bits per heavy atom. The van der Waals surface area contributed by atoms with Gasteiger partial charge in [-0.1, -0.05) is 0 Å². The van der Waals surface area contributed by atoms with Gasteiger partial charge in [-0.3, -0.25) is 0 Å². The van der Waals surface area contributed by atoms with Crippen molar-refractivity contribution >= 4 is 21.7 Å². The summed E-state index contributed by atoms with van der Waals surface area (Å²) in [6, 6.07) is 3.51. The zero-order valence-corrected chi connectivity index (χ0v) is 12.5. The Morgan fingerprint density at radius 1 is 1.48 bits per heavy atom. The number of aliphatic hydroxyl groups excluding tert-OH is 1. The van der Waals surface area contributed by atoms with Gasteiger partial charge in [-0.25, -0.2) is 13.2 Å². The number of benzene rings is 1. The van der Waals surface area contributed by atoms with E-state index in [4.69, 9.17) is 15.6 Å². The summed E-state index contributed by atoms with van der Waals surface area (Å²) < 4.78 is 30.3. The van der Waals surface area contributed by atoms with Gasteiger partial charge >= 0.3 is 5.97 Å². The van der Waals surface area contributed by atoms with Gasteiger partial charge in [0.05, 0.1) is 23.2 Å². The minimum absolute atomic E-state index is 0.0343. The second-order valence-electron chi connectivity index (χ2n) is 4.46. The Labute approximate surface area is 122 Å². The third-order valence-electron chi connectivity index (χ3n) is 2.75. The smallest absolute Gasteiger partial charge is 0.337 e. The highest BCUT2D eigenvalue weighted by Crippen LogP contribution is 2.22. The first-order valence-corrected chi connectivity index (χ1v) is 7.40. The number of nitrogens with zero attached hydrogens (tertiary/aromatic N) is 1. The largest absolute Gasteiger partial charge is 0.478 e. The molecule has 0 heterocycles. The van der Waals surface area contributed by atoms with Gasteiger partial charge < -0.3 is 20.7 Å². The fraction of sp³-hybridized carbons (Fsp3) is 0.417. The lowest BCUT2D eigenvalue weighted by Crippen LogP contribution is -2.36. The van der Waals surface area contributed by atoms with Crippen molar-refractivity contribution in [2.75, 3.05) is 33.0 Å². The maximum absolute atomic E-state index is 12.4. The second-order valence-corrected chi connectivity index (χ2v) is 6.47. The van der Waals surface area contributed by atoms with Crippen LogP contribution in [0, 0.1) is 0 Å². The Balaban J connectivity index is 3.16. The molecule has 0 aromatic heterocycles. The van der Waals surface area contributed by atoms with Crippen LogP contribution in [0.2, 0.25) is 0 Å². The molecule has 0 aliphatic carbocycles. The summed E-state index contributed by atoms with van der Waals surface area (Å²) in [5.74, 6) is -1.40. The number of methoxy groups -OCH3 is 1. The predicted octanol–water partition coefficient (Wildman–Crippen LogP) is -0.405. The quantitative estimate of drug-likeness (QED) is 0.583. The molecule has 0 aliphatic heterocycles. The van der Waals surface area contributed by atoms with E-state index in [0.29, 0.717) is 0 Å². The van der Waals surface area contributed by atoms with Crippen molar-refractivity contribution in [1.29, 1.82) is 0 Å². The normalized spacial score (nSPS) is 13.3. The second kappa shape index (κ2) is 6.85.